The smallest absolute Gasteiger partial charge is 0.416 e. The summed E-state index contributed by atoms with van der Waals surface area (Å²) in [6, 6.07) is 7.47. The van der Waals surface area contributed by atoms with E-state index in [1.54, 1.807) is 0 Å². The van der Waals surface area contributed by atoms with Crippen molar-refractivity contribution in [1.29, 1.82) is 0 Å². The molecule has 13 heteroatoms. The lowest BCUT2D eigenvalue weighted by Crippen LogP contribution is -2.47. The molecule has 0 spiro atoms. The van der Waals surface area contributed by atoms with Crippen molar-refractivity contribution in [3.05, 3.63) is 75.3 Å². The number of aliphatic imine (C=N–C) groups is 1. The maximum atomic E-state index is 13.0. The van der Waals surface area contributed by atoms with Crippen LogP contribution in [0.2, 0.25) is 0 Å². The van der Waals surface area contributed by atoms with E-state index in [0.29, 0.717) is 0 Å². The van der Waals surface area contributed by atoms with Crippen molar-refractivity contribution in [2.45, 2.75) is 25.6 Å². The van der Waals surface area contributed by atoms with Crippen LogP contribution in [0, 0.1) is 16.0 Å². The van der Waals surface area contributed by atoms with Gasteiger partial charge in [-0.2, -0.15) is 13.2 Å². The third-order valence-electron chi connectivity index (χ3n) is 5.98. The average molecular weight is 520 g/mol. The fraction of sp³-hybridized carbons (Fsp3) is 0.333. The first-order chi connectivity index (χ1) is 17.3. The molecule has 3 amide bonds. The highest BCUT2D eigenvalue weighted by Gasteiger charge is 2.42. The van der Waals surface area contributed by atoms with Crippen LogP contribution in [0.1, 0.15) is 40.9 Å². The van der Waals surface area contributed by atoms with Gasteiger partial charge >= 0.3 is 18.2 Å². The van der Waals surface area contributed by atoms with Gasteiger partial charge in [0.25, 0.3) is 11.6 Å². The molecule has 37 heavy (non-hydrogen) atoms. The molecule has 196 valence electrons. The number of hydrogen-bond acceptors (Lipinski definition) is 5. The lowest BCUT2D eigenvalue weighted by atomic mass is 9.86. The van der Waals surface area contributed by atoms with Gasteiger partial charge in [-0.25, -0.2) is 9.79 Å². The molecule has 0 saturated carbocycles. The largest absolute Gasteiger partial charge is 0.481 e. The second kappa shape index (κ2) is 10.8. The SMILES string of the molecule is CC1=NC(=O)N(CCCN(C)C(=O)c2cccc(C(F)(F)F)c2)C(c2cccc([N+](=O)[O-])c2)C1C(=O)O. The summed E-state index contributed by atoms with van der Waals surface area (Å²) in [5, 5.41) is 21.1. The fourth-order valence-corrected chi connectivity index (χ4v) is 4.18. The minimum atomic E-state index is -4.61. The van der Waals surface area contributed by atoms with Gasteiger partial charge in [0.15, 0.2) is 0 Å². The van der Waals surface area contributed by atoms with Crippen molar-refractivity contribution >= 4 is 29.3 Å². The number of benzene rings is 2. The number of nitrogens with zero attached hydrogens (tertiary/aromatic N) is 4. The fourth-order valence-electron chi connectivity index (χ4n) is 4.18. The van der Waals surface area contributed by atoms with Crippen LogP contribution in [0.3, 0.4) is 0 Å². The molecular weight excluding hydrogens is 497 g/mol. The second-order valence-corrected chi connectivity index (χ2v) is 8.50. The number of carbonyl (C=O) groups is 3. The van der Waals surface area contributed by atoms with Crippen LogP contribution in [0.5, 0.6) is 0 Å². The zero-order chi connectivity index (χ0) is 27.5. The Morgan fingerprint density at radius 1 is 1.19 bits per heavy atom. The summed E-state index contributed by atoms with van der Waals surface area (Å²) in [7, 11) is 1.39. The van der Waals surface area contributed by atoms with E-state index in [-0.39, 0.29) is 42.0 Å². The monoisotopic (exact) mass is 520 g/mol. The molecule has 2 aromatic rings. The predicted molar refractivity (Wildman–Crippen MR) is 125 cm³/mol. The zero-order valence-electron chi connectivity index (χ0n) is 19.8. The number of aliphatic carboxylic acids is 1. The Morgan fingerprint density at radius 3 is 2.49 bits per heavy atom. The number of rotatable bonds is 8. The van der Waals surface area contributed by atoms with Crippen molar-refractivity contribution in [2.75, 3.05) is 20.1 Å². The summed E-state index contributed by atoms with van der Waals surface area (Å²) in [5.74, 6) is -3.19. The van der Waals surface area contributed by atoms with Crippen molar-refractivity contribution in [3.63, 3.8) is 0 Å². The van der Waals surface area contributed by atoms with Gasteiger partial charge in [0.05, 0.1) is 16.5 Å². The molecular formula is C24H23F3N4O6. The Labute approximate surface area is 209 Å². The van der Waals surface area contributed by atoms with Gasteiger partial charge in [0.2, 0.25) is 0 Å². The maximum absolute atomic E-state index is 13.0. The Morgan fingerprint density at radius 2 is 1.86 bits per heavy atom. The van der Waals surface area contributed by atoms with Crippen LogP contribution in [-0.4, -0.2) is 63.6 Å². The number of carboxylic acids is 1. The summed E-state index contributed by atoms with van der Waals surface area (Å²) >= 11 is 0. The first kappa shape index (κ1) is 27.3. The second-order valence-electron chi connectivity index (χ2n) is 8.50. The Hall–Kier alpha value is -4.29. The maximum Gasteiger partial charge on any atom is 0.416 e. The first-order valence-corrected chi connectivity index (χ1v) is 11.1. The Kier molecular flexibility index (Phi) is 7.94. The lowest BCUT2D eigenvalue weighted by molar-refractivity contribution is -0.385. The van der Waals surface area contributed by atoms with Gasteiger partial charge in [-0.1, -0.05) is 18.2 Å². The molecule has 0 fully saturated rings. The minimum Gasteiger partial charge on any atom is -0.481 e. The van der Waals surface area contributed by atoms with Crippen molar-refractivity contribution in [3.8, 4) is 0 Å². The number of non-ortho nitro benzene ring substituents is 1. The number of nitro benzene ring substituents is 1. The lowest BCUT2D eigenvalue weighted by Gasteiger charge is -2.38. The van der Waals surface area contributed by atoms with Gasteiger partial charge in [-0.3, -0.25) is 19.7 Å². The molecule has 0 aromatic heterocycles. The molecule has 0 radical (unpaired) electrons. The number of nitro groups is 1. The number of halogens is 3. The summed E-state index contributed by atoms with van der Waals surface area (Å²) in [5.41, 5.74) is -1.12. The van der Waals surface area contributed by atoms with E-state index < -0.39 is 46.5 Å². The van der Waals surface area contributed by atoms with Crippen LogP contribution >= 0.6 is 0 Å². The van der Waals surface area contributed by atoms with E-state index in [1.165, 1.54) is 54.1 Å². The van der Waals surface area contributed by atoms with E-state index in [2.05, 4.69) is 4.99 Å². The van der Waals surface area contributed by atoms with Crippen LogP contribution in [0.15, 0.2) is 53.5 Å². The van der Waals surface area contributed by atoms with Crippen molar-refractivity contribution in [2.24, 2.45) is 10.9 Å². The predicted octanol–water partition coefficient (Wildman–Crippen LogP) is 4.41. The van der Waals surface area contributed by atoms with E-state index in [0.717, 1.165) is 18.2 Å². The number of carbonyl (C=O) groups excluding carboxylic acids is 2. The molecule has 1 N–H and O–H groups in total. The number of amides is 3. The molecule has 3 rings (SSSR count). The summed E-state index contributed by atoms with van der Waals surface area (Å²) in [6.45, 7) is 1.35. The molecule has 1 aliphatic heterocycles. The van der Waals surface area contributed by atoms with Crippen LogP contribution in [-0.2, 0) is 11.0 Å². The minimum absolute atomic E-state index is 0.0287. The molecule has 2 unspecified atom stereocenters. The highest BCUT2D eigenvalue weighted by atomic mass is 19.4. The summed E-state index contributed by atoms with van der Waals surface area (Å²) < 4.78 is 39.0. The molecule has 1 heterocycles. The Bertz CT molecular complexity index is 1260. The molecule has 1 aliphatic rings. The van der Waals surface area contributed by atoms with Crippen LogP contribution < -0.4 is 0 Å². The molecule has 10 nitrogen and oxygen atoms in total. The molecule has 2 atom stereocenters. The first-order valence-electron chi connectivity index (χ1n) is 11.1. The third-order valence-corrected chi connectivity index (χ3v) is 5.98. The molecule has 0 aliphatic carbocycles. The number of alkyl halides is 3. The van der Waals surface area contributed by atoms with Gasteiger partial charge in [-0.15, -0.1) is 0 Å². The van der Waals surface area contributed by atoms with E-state index in [1.807, 2.05) is 0 Å². The average Bonchev–Trinajstić information content (AvgIpc) is 2.83. The van der Waals surface area contributed by atoms with Crippen molar-refractivity contribution in [1.82, 2.24) is 9.80 Å². The van der Waals surface area contributed by atoms with Crippen LogP contribution in [0.25, 0.3) is 0 Å². The highest BCUT2D eigenvalue weighted by molar-refractivity contribution is 6.07. The highest BCUT2D eigenvalue weighted by Crippen LogP contribution is 2.36. The number of carboxylic acid groups (broad SMARTS) is 1. The van der Waals surface area contributed by atoms with E-state index >= 15 is 0 Å². The number of urea groups is 1. The molecule has 2 aromatic carbocycles. The Balaban J connectivity index is 1.80. The summed E-state index contributed by atoms with van der Waals surface area (Å²) in [6.07, 6.45) is -4.47. The standard InChI is InChI=1S/C24H23F3N4O6/c1-14-19(22(33)34)20(15-6-4-9-18(13-15)31(36)37)30(23(35)28-14)11-5-10-29(2)21(32)16-7-3-8-17(12-16)24(25,26)27/h3-4,6-9,12-13,19-20H,5,10-11H2,1-2H3,(H,33,34). The zero-order valence-corrected chi connectivity index (χ0v) is 19.8. The van der Waals surface area contributed by atoms with E-state index in [9.17, 15) is 42.8 Å². The van der Waals surface area contributed by atoms with Crippen LogP contribution in [0.4, 0.5) is 23.7 Å². The summed E-state index contributed by atoms with van der Waals surface area (Å²) in [4.78, 5) is 54.3. The van der Waals surface area contributed by atoms with Gasteiger partial charge < -0.3 is 14.9 Å². The quantitative estimate of drug-likeness (QED) is 0.405. The van der Waals surface area contributed by atoms with Gasteiger partial charge in [-0.05, 0) is 37.1 Å². The normalized spacial score (nSPS) is 17.8. The molecule has 0 saturated heterocycles. The van der Waals surface area contributed by atoms with E-state index in [4.69, 9.17) is 0 Å². The van der Waals surface area contributed by atoms with Gasteiger partial charge in [0, 0.05) is 43.5 Å². The topological polar surface area (TPSA) is 133 Å². The van der Waals surface area contributed by atoms with Gasteiger partial charge in [0.1, 0.15) is 5.92 Å². The number of hydrogen-bond donors (Lipinski definition) is 1. The molecule has 0 bridgehead atoms. The third kappa shape index (κ3) is 6.11. The van der Waals surface area contributed by atoms with Crippen molar-refractivity contribution < 1.29 is 37.6 Å².